The number of phenols is 1. The lowest BCUT2D eigenvalue weighted by Crippen LogP contribution is -2.52. The largest absolute Gasteiger partial charge is 0.506 e. The SMILES string of the molecule is O=C(Nc1cc(CCCCCn2c(=O)oc3cc(CNC[C@H](O)c4ccc(O)c5[nH]c(=O)ccc45)ccc32)ccc1-c1ccccc1)O[C@H]1CN2CCC1CC2. The maximum absolute atomic E-state index is 13.2. The molecule has 3 saturated heterocycles. The number of fused-ring (bicyclic) bond motifs is 5. The summed E-state index contributed by atoms with van der Waals surface area (Å²) < 4.78 is 13.3. The molecule has 2 bridgehead atoms. The van der Waals surface area contributed by atoms with E-state index in [0.717, 1.165) is 91.6 Å². The number of amides is 1. The van der Waals surface area contributed by atoms with Crippen LogP contribution in [-0.4, -0.2) is 63.0 Å². The van der Waals surface area contributed by atoms with Crippen molar-refractivity contribution >= 4 is 33.8 Å². The van der Waals surface area contributed by atoms with Gasteiger partial charge in [-0.25, -0.2) is 9.59 Å². The van der Waals surface area contributed by atoms with E-state index >= 15 is 0 Å². The Balaban J connectivity index is 0.843. The summed E-state index contributed by atoms with van der Waals surface area (Å²) in [4.78, 5) is 42.7. The van der Waals surface area contributed by atoms with Crippen molar-refractivity contribution in [2.45, 2.75) is 63.8 Å². The molecule has 3 aliphatic rings. The van der Waals surface area contributed by atoms with Gasteiger partial charge < -0.3 is 29.7 Å². The molecule has 4 aromatic carbocycles. The maximum atomic E-state index is 13.2. The van der Waals surface area contributed by atoms with Crippen molar-refractivity contribution in [3.05, 3.63) is 129 Å². The molecule has 0 unspecified atom stereocenters. The van der Waals surface area contributed by atoms with Gasteiger partial charge >= 0.3 is 11.8 Å². The highest BCUT2D eigenvalue weighted by atomic mass is 16.6. The maximum Gasteiger partial charge on any atom is 0.419 e. The molecule has 2 atom stereocenters. The van der Waals surface area contributed by atoms with Crippen molar-refractivity contribution in [1.82, 2.24) is 19.8 Å². The Labute approximate surface area is 323 Å². The lowest BCUT2D eigenvalue weighted by atomic mass is 9.86. The fraction of sp³-hybridized carbons (Fsp3) is 0.341. The number of ether oxygens (including phenoxy) is 1. The summed E-state index contributed by atoms with van der Waals surface area (Å²) >= 11 is 0. The number of pyridine rings is 1. The van der Waals surface area contributed by atoms with E-state index in [1.165, 1.54) is 12.1 Å². The Kier molecular flexibility index (Phi) is 11.0. The molecule has 5 heterocycles. The van der Waals surface area contributed by atoms with E-state index in [2.05, 4.69) is 38.7 Å². The van der Waals surface area contributed by atoms with Gasteiger partial charge in [0.25, 0.3) is 0 Å². The Morgan fingerprint density at radius 2 is 1.75 bits per heavy atom. The molecule has 0 spiro atoms. The normalized spacial score (nSPS) is 18.3. The molecule has 0 saturated carbocycles. The van der Waals surface area contributed by atoms with E-state index in [1.807, 2.05) is 48.5 Å². The van der Waals surface area contributed by atoms with Gasteiger partial charge in [-0.1, -0.05) is 61.0 Å². The second-order valence-electron chi connectivity index (χ2n) is 15.0. The first-order chi connectivity index (χ1) is 27.3. The van der Waals surface area contributed by atoms with E-state index in [-0.39, 0.29) is 29.5 Å². The minimum Gasteiger partial charge on any atom is -0.506 e. The molecule has 290 valence electrons. The molecule has 3 fully saturated rings. The third-order valence-corrected chi connectivity index (χ3v) is 11.3. The number of aliphatic hydroxyl groups excluding tert-OH is 1. The predicted octanol–water partition coefficient (Wildman–Crippen LogP) is 6.69. The summed E-state index contributed by atoms with van der Waals surface area (Å²) in [7, 11) is 0. The number of carbonyl (C=O) groups excluding carboxylic acids is 1. The molecular weight excluding hydrogens is 711 g/mol. The summed E-state index contributed by atoms with van der Waals surface area (Å²) in [5, 5.41) is 27.9. The molecule has 9 rings (SSSR count). The quantitative estimate of drug-likeness (QED) is 0.0763. The van der Waals surface area contributed by atoms with Crippen LogP contribution in [0.5, 0.6) is 5.75 Å². The third kappa shape index (κ3) is 8.28. The topological polar surface area (TPSA) is 162 Å². The highest BCUT2D eigenvalue weighted by Crippen LogP contribution is 2.33. The summed E-state index contributed by atoms with van der Waals surface area (Å²) in [5.41, 5.74) is 6.51. The highest BCUT2D eigenvalue weighted by Gasteiger charge is 2.36. The average molecular weight is 758 g/mol. The number of oxazole rings is 1. The molecule has 1 amide bonds. The predicted molar refractivity (Wildman–Crippen MR) is 216 cm³/mol. The summed E-state index contributed by atoms with van der Waals surface area (Å²) in [6.07, 6.45) is 4.24. The molecule has 6 aromatic rings. The van der Waals surface area contributed by atoms with Crippen LogP contribution in [0.1, 0.15) is 54.9 Å². The van der Waals surface area contributed by atoms with Crippen molar-refractivity contribution < 1.29 is 24.2 Å². The number of phenolic OH excluding ortho intramolecular Hbond substituents is 1. The van der Waals surface area contributed by atoms with Crippen LogP contribution in [-0.2, 0) is 24.2 Å². The van der Waals surface area contributed by atoms with Crippen molar-refractivity contribution in [3.8, 4) is 16.9 Å². The molecule has 5 N–H and O–H groups in total. The number of nitrogens with zero attached hydrogens (tertiary/aromatic N) is 2. The number of aryl methyl sites for hydroxylation is 2. The number of hydrogen-bond donors (Lipinski definition) is 5. The first-order valence-corrected chi connectivity index (χ1v) is 19.5. The lowest BCUT2D eigenvalue weighted by Gasteiger charge is -2.43. The zero-order valence-electron chi connectivity index (χ0n) is 31.2. The standard InChI is InChI=1S/C44H47N5O7/c50-37-16-13-33(34-14-17-41(52)47-42(34)37)38(51)26-45-25-29-11-15-36-39(24-29)56-44(54)49(36)20-6-2-3-7-28-10-12-32(30-8-4-1-5-9-30)35(23-28)46-43(53)55-40-27-48-21-18-31(40)19-22-48/h1,4-5,8-17,23-24,31,38,40,45,50-51H,2-3,6-7,18-22,25-27H2,(H,46,53)(H,47,52)/t38-,40-/m0/s1. The van der Waals surface area contributed by atoms with Gasteiger partial charge in [0.2, 0.25) is 5.56 Å². The van der Waals surface area contributed by atoms with Gasteiger partial charge in [0.15, 0.2) is 5.58 Å². The van der Waals surface area contributed by atoms with Gasteiger partial charge in [0.05, 0.1) is 22.8 Å². The number of piperidine rings is 3. The van der Waals surface area contributed by atoms with E-state index < -0.39 is 18.0 Å². The Hall–Kier alpha value is -5.69. The number of anilines is 1. The van der Waals surface area contributed by atoms with Gasteiger partial charge in [0.1, 0.15) is 11.9 Å². The number of unbranched alkanes of at least 4 members (excludes halogenated alkanes) is 2. The highest BCUT2D eigenvalue weighted by molar-refractivity contribution is 5.92. The molecule has 2 aromatic heterocycles. The summed E-state index contributed by atoms with van der Waals surface area (Å²) in [6, 6.07) is 28.0. The van der Waals surface area contributed by atoms with Crippen molar-refractivity contribution in [2.24, 2.45) is 5.92 Å². The van der Waals surface area contributed by atoms with Gasteiger partial charge in [-0.05, 0) is 104 Å². The van der Waals surface area contributed by atoms with Crippen molar-refractivity contribution in [3.63, 3.8) is 0 Å². The average Bonchev–Trinajstić information content (AvgIpc) is 3.52. The number of H-pyrrole nitrogens is 1. The minimum atomic E-state index is -0.887. The second-order valence-corrected chi connectivity index (χ2v) is 15.0. The Morgan fingerprint density at radius 1 is 0.929 bits per heavy atom. The number of aromatic amines is 1. The van der Waals surface area contributed by atoms with Gasteiger partial charge in [-0.15, -0.1) is 0 Å². The zero-order valence-corrected chi connectivity index (χ0v) is 31.2. The van der Waals surface area contributed by atoms with Crippen molar-refractivity contribution in [2.75, 3.05) is 31.5 Å². The monoisotopic (exact) mass is 757 g/mol. The molecule has 0 radical (unpaired) electrons. The summed E-state index contributed by atoms with van der Waals surface area (Å²) in [6.45, 7) is 4.17. The van der Waals surface area contributed by atoms with Crippen LogP contribution < -0.4 is 21.9 Å². The van der Waals surface area contributed by atoms with E-state index in [1.54, 1.807) is 16.7 Å². The molecule has 56 heavy (non-hydrogen) atoms. The summed E-state index contributed by atoms with van der Waals surface area (Å²) in [5.74, 6) is -0.0178. The van der Waals surface area contributed by atoms with Crippen molar-refractivity contribution in [1.29, 1.82) is 0 Å². The molecular formula is C44H47N5O7. The third-order valence-electron chi connectivity index (χ3n) is 11.3. The Bertz CT molecular complexity index is 2450. The van der Waals surface area contributed by atoms with Crippen LogP contribution in [0.3, 0.4) is 0 Å². The van der Waals surface area contributed by atoms with Crippen LogP contribution >= 0.6 is 0 Å². The fourth-order valence-corrected chi connectivity index (χ4v) is 8.26. The van der Waals surface area contributed by atoms with Gasteiger partial charge in [0, 0.05) is 43.2 Å². The van der Waals surface area contributed by atoms with E-state index in [0.29, 0.717) is 35.5 Å². The smallest absolute Gasteiger partial charge is 0.419 e. The van der Waals surface area contributed by atoms with Crippen LogP contribution in [0.2, 0.25) is 0 Å². The number of hydrogen-bond acceptors (Lipinski definition) is 9. The number of carbonyl (C=O) groups is 1. The van der Waals surface area contributed by atoms with Crippen LogP contribution in [0.15, 0.2) is 105 Å². The first kappa shape index (κ1) is 37.2. The first-order valence-electron chi connectivity index (χ1n) is 19.5. The van der Waals surface area contributed by atoms with Gasteiger partial charge in [-0.3, -0.25) is 19.6 Å². The fourth-order valence-electron chi connectivity index (χ4n) is 8.26. The van der Waals surface area contributed by atoms with Crippen LogP contribution in [0.25, 0.3) is 33.1 Å². The minimum absolute atomic E-state index is 0.0595. The number of aliphatic hydroxyl groups is 1. The number of aromatic nitrogens is 2. The van der Waals surface area contributed by atoms with Crippen LogP contribution in [0.4, 0.5) is 10.5 Å². The zero-order chi connectivity index (χ0) is 38.6. The molecule has 3 aliphatic heterocycles. The van der Waals surface area contributed by atoms with Crippen LogP contribution in [0, 0.1) is 5.92 Å². The van der Waals surface area contributed by atoms with E-state index in [9.17, 15) is 24.6 Å². The molecule has 0 aliphatic carbocycles. The van der Waals surface area contributed by atoms with E-state index in [4.69, 9.17) is 9.15 Å². The number of aromatic hydroxyl groups is 1. The Morgan fingerprint density at radius 3 is 2.55 bits per heavy atom. The lowest BCUT2D eigenvalue weighted by molar-refractivity contribution is -0.0289. The number of nitrogens with one attached hydrogen (secondary N) is 3. The molecule has 12 heteroatoms. The number of rotatable bonds is 14. The second kappa shape index (κ2) is 16.6. The number of benzene rings is 4. The van der Waals surface area contributed by atoms with Gasteiger partial charge in [-0.2, -0.15) is 0 Å². The molecule has 12 nitrogen and oxygen atoms in total.